The molecule has 0 saturated heterocycles. The van der Waals surface area contributed by atoms with E-state index in [1.165, 1.54) is 27.5 Å². The summed E-state index contributed by atoms with van der Waals surface area (Å²) < 4.78 is 9.43. The standard InChI is InChI=1S/C19H18ClN5O2S2/c1-11-4-5-14(20)15(8-11)27-12(2)17-22-23-19(24(17)3)29-10-13-9-16(26)25-6-7-28-18(25)21-13/h4-9,12H,10H2,1-3H3. The van der Waals surface area contributed by atoms with E-state index in [0.29, 0.717) is 33.0 Å². The van der Waals surface area contributed by atoms with E-state index in [9.17, 15) is 4.79 Å². The van der Waals surface area contributed by atoms with Crippen LogP contribution in [0.5, 0.6) is 5.75 Å². The van der Waals surface area contributed by atoms with Crippen LogP contribution in [0.25, 0.3) is 4.96 Å². The van der Waals surface area contributed by atoms with Gasteiger partial charge in [0.15, 0.2) is 22.0 Å². The lowest BCUT2D eigenvalue weighted by molar-refractivity contribution is 0.211. The summed E-state index contributed by atoms with van der Waals surface area (Å²) in [6.07, 6.45) is 1.40. The van der Waals surface area contributed by atoms with E-state index >= 15 is 0 Å². The van der Waals surface area contributed by atoms with Crippen molar-refractivity contribution in [3.63, 3.8) is 0 Å². The second kappa shape index (κ2) is 8.17. The number of halogens is 1. The molecule has 7 nitrogen and oxygen atoms in total. The highest BCUT2D eigenvalue weighted by Gasteiger charge is 2.19. The van der Waals surface area contributed by atoms with E-state index in [0.717, 1.165) is 10.7 Å². The van der Waals surface area contributed by atoms with Gasteiger partial charge in [-0.25, -0.2) is 4.98 Å². The number of benzene rings is 1. The van der Waals surface area contributed by atoms with Crippen LogP contribution in [0.3, 0.4) is 0 Å². The number of fused-ring (bicyclic) bond motifs is 1. The normalized spacial score (nSPS) is 12.4. The molecule has 1 atom stereocenters. The highest BCUT2D eigenvalue weighted by atomic mass is 35.5. The predicted molar refractivity (Wildman–Crippen MR) is 115 cm³/mol. The molecule has 0 radical (unpaired) electrons. The highest BCUT2D eigenvalue weighted by Crippen LogP contribution is 2.30. The molecule has 0 N–H and O–H groups in total. The lowest BCUT2D eigenvalue weighted by atomic mass is 10.2. The largest absolute Gasteiger partial charge is 0.481 e. The Bertz CT molecular complexity index is 1230. The fourth-order valence-electron chi connectivity index (χ4n) is 2.85. The average Bonchev–Trinajstić information content (AvgIpc) is 3.30. The number of nitrogens with zero attached hydrogens (tertiary/aromatic N) is 5. The Morgan fingerprint density at radius 2 is 2.14 bits per heavy atom. The van der Waals surface area contributed by atoms with E-state index in [-0.39, 0.29) is 11.7 Å². The number of aromatic nitrogens is 5. The van der Waals surface area contributed by atoms with E-state index in [4.69, 9.17) is 16.3 Å². The molecule has 3 heterocycles. The van der Waals surface area contributed by atoms with Crippen LogP contribution in [0.2, 0.25) is 5.02 Å². The maximum atomic E-state index is 12.1. The lowest BCUT2D eigenvalue weighted by Gasteiger charge is -2.15. The monoisotopic (exact) mass is 447 g/mol. The van der Waals surface area contributed by atoms with Crippen molar-refractivity contribution in [2.45, 2.75) is 30.9 Å². The van der Waals surface area contributed by atoms with Crippen molar-refractivity contribution in [3.8, 4) is 5.75 Å². The molecular formula is C19H18ClN5O2S2. The Labute approximate surface area is 180 Å². The summed E-state index contributed by atoms with van der Waals surface area (Å²) in [7, 11) is 1.89. The molecule has 150 valence electrons. The van der Waals surface area contributed by atoms with Gasteiger partial charge in [0, 0.05) is 30.4 Å². The minimum atomic E-state index is -0.327. The van der Waals surface area contributed by atoms with E-state index in [2.05, 4.69) is 15.2 Å². The molecule has 0 bridgehead atoms. The zero-order valence-electron chi connectivity index (χ0n) is 16.0. The Kier molecular flexibility index (Phi) is 5.62. The third kappa shape index (κ3) is 4.17. The first-order valence-corrected chi connectivity index (χ1v) is 11.1. The first-order chi connectivity index (χ1) is 13.9. The molecule has 0 saturated carbocycles. The number of thioether (sulfide) groups is 1. The molecule has 29 heavy (non-hydrogen) atoms. The van der Waals surface area contributed by atoms with Crippen LogP contribution in [0.4, 0.5) is 0 Å². The van der Waals surface area contributed by atoms with Crippen molar-refractivity contribution < 1.29 is 4.74 Å². The third-order valence-electron chi connectivity index (χ3n) is 4.33. The first-order valence-electron chi connectivity index (χ1n) is 8.83. The average molecular weight is 448 g/mol. The van der Waals surface area contributed by atoms with Gasteiger partial charge in [0.1, 0.15) is 5.75 Å². The molecule has 1 aromatic carbocycles. The van der Waals surface area contributed by atoms with Crippen LogP contribution >= 0.6 is 34.7 Å². The summed E-state index contributed by atoms with van der Waals surface area (Å²) in [5.74, 6) is 1.83. The van der Waals surface area contributed by atoms with Crippen molar-refractivity contribution in [2.75, 3.05) is 0 Å². The van der Waals surface area contributed by atoms with Crippen molar-refractivity contribution in [1.82, 2.24) is 24.1 Å². The minimum Gasteiger partial charge on any atom is -0.481 e. The maximum absolute atomic E-state index is 12.1. The van der Waals surface area contributed by atoms with Crippen molar-refractivity contribution >= 4 is 39.7 Å². The first kappa shape index (κ1) is 19.9. The lowest BCUT2D eigenvalue weighted by Crippen LogP contribution is -2.12. The molecule has 0 spiro atoms. The summed E-state index contributed by atoms with van der Waals surface area (Å²) in [5, 5.41) is 11.7. The number of aryl methyl sites for hydroxylation is 1. The summed E-state index contributed by atoms with van der Waals surface area (Å²) in [4.78, 5) is 17.3. The molecular weight excluding hydrogens is 430 g/mol. The van der Waals surface area contributed by atoms with Gasteiger partial charge in [-0.1, -0.05) is 29.4 Å². The number of rotatable bonds is 6. The summed E-state index contributed by atoms with van der Waals surface area (Å²) in [5.41, 5.74) is 1.70. The smallest absolute Gasteiger partial charge is 0.258 e. The number of hydrogen-bond acceptors (Lipinski definition) is 7. The molecule has 0 fully saturated rings. The number of ether oxygens (including phenoxy) is 1. The molecule has 1 unspecified atom stereocenters. The van der Waals surface area contributed by atoms with Crippen LogP contribution in [-0.4, -0.2) is 24.1 Å². The van der Waals surface area contributed by atoms with Gasteiger partial charge in [-0.3, -0.25) is 9.20 Å². The maximum Gasteiger partial charge on any atom is 0.258 e. The Morgan fingerprint density at radius 1 is 1.31 bits per heavy atom. The summed E-state index contributed by atoms with van der Waals surface area (Å²) in [6.45, 7) is 3.89. The Hall–Kier alpha value is -2.36. The molecule has 4 rings (SSSR count). The van der Waals surface area contributed by atoms with E-state index in [1.807, 2.05) is 49.0 Å². The Morgan fingerprint density at radius 3 is 2.97 bits per heavy atom. The van der Waals surface area contributed by atoms with Crippen LogP contribution in [0, 0.1) is 6.92 Å². The van der Waals surface area contributed by atoms with Crippen LogP contribution in [-0.2, 0) is 12.8 Å². The van der Waals surface area contributed by atoms with Crippen LogP contribution in [0.1, 0.15) is 30.1 Å². The van der Waals surface area contributed by atoms with Gasteiger partial charge >= 0.3 is 0 Å². The second-order valence-electron chi connectivity index (χ2n) is 6.52. The topological polar surface area (TPSA) is 74.3 Å². The third-order valence-corrected chi connectivity index (χ3v) is 6.45. The molecule has 0 aliphatic heterocycles. The van der Waals surface area contributed by atoms with Gasteiger partial charge < -0.3 is 9.30 Å². The van der Waals surface area contributed by atoms with Gasteiger partial charge in [-0.05, 0) is 31.5 Å². The molecule has 3 aromatic heterocycles. The highest BCUT2D eigenvalue weighted by molar-refractivity contribution is 7.98. The van der Waals surface area contributed by atoms with Gasteiger partial charge in [0.2, 0.25) is 0 Å². The van der Waals surface area contributed by atoms with Crippen molar-refractivity contribution in [1.29, 1.82) is 0 Å². The van der Waals surface area contributed by atoms with Gasteiger partial charge in [0.25, 0.3) is 5.56 Å². The predicted octanol–water partition coefficient (Wildman–Crippen LogP) is 4.28. The molecule has 0 amide bonds. The molecule has 10 heteroatoms. The second-order valence-corrected chi connectivity index (χ2v) is 8.75. The fourth-order valence-corrected chi connectivity index (χ4v) is 4.56. The number of thiazole rings is 1. The van der Waals surface area contributed by atoms with E-state index < -0.39 is 0 Å². The minimum absolute atomic E-state index is 0.0810. The zero-order valence-corrected chi connectivity index (χ0v) is 18.4. The fraction of sp³-hybridized carbons (Fsp3) is 0.263. The van der Waals surface area contributed by atoms with Crippen molar-refractivity contribution in [2.24, 2.45) is 7.05 Å². The van der Waals surface area contributed by atoms with Crippen LogP contribution < -0.4 is 10.3 Å². The molecule has 0 aliphatic carbocycles. The van der Waals surface area contributed by atoms with E-state index in [1.54, 1.807) is 12.3 Å². The quantitative estimate of drug-likeness (QED) is 0.411. The molecule has 0 aliphatic rings. The molecule has 4 aromatic rings. The van der Waals surface area contributed by atoms with Gasteiger partial charge in [0.05, 0.1) is 10.7 Å². The zero-order chi connectivity index (χ0) is 20.5. The SMILES string of the molecule is Cc1ccc(Cl)c(OC(C)c2nnc(SCc3cc(=O)n4ccsc4n3)n2C)c1. The van der Waals surface area contributed by atoms with Gasteiger partial charge in [-0.15, -0.1) is 21.5 Å². The summed E-state index contributed by atoms with van der Waals surface area (Å²) in [6, 6.07) is 7.20. The Balaban J connectivity index is 1.49. The van der Waals surface area contributed by atoms with Crippen LogP contribution in [0.15, 0.2) is 45.8 Å². The summed E-state index contributed by atoms with van der Waals surface area (Å²) >= 11 is 9.14. The van der Waals surface area contributed by atoms with Gasteiger partial charge in [-0.2, -0.15) is 0 Å². The number of hydrogen-bond donors (Lipinski definition) is 0. The van der Waals surface area contributed by atoms with Crippen molar-refractivity contribution in [3.05, 3.63) is 68.3 Å².